The average molecular weight is 283 g/mol. The van der Waals surface area contributed by atoms with Gasteiger partial charge in [0.2, 0.25) is 0 Å². The molecule has 0 aliphatic carbocycles. The number of nitrogens with zero attached hydrogens (tertiary/aromatic N) is 1. The van der Waals surface area contributed by atoms with Gasteiger partial charge in [-0.2, -0.15) is 0 Å². The van der Waals surface area contributed by atoms with Gasteiger partial charge in [0.25, 0.3) is 5.56 Å². The molecule has 0 unspecified atom stereocenters. The molecule has 0 bridgehead atoms. The second kappa shape index (κ2) is 4.65. The Hall–Kier alpha value is -1.36. The molecule has 5 heteroatoms. The molecule has 2 aromatic rings. The molecule has 16 heavy (non-hydrogen) atoms. The van der Waals surface area contributed by atoms with Crippen LogP contribution in [0, 0.1) is 0 Å². The molecule has 0 aliphatic heterocycles. The number of furan rings is 1. The number of nitrogens with one attached hydrogen (secondary N) is 1. The highest BCUT2D eigenvalue weighted by atomic mass is 79.9. The SMILES string of the molecule is CCCc1nc(-c2ccco2)[nH]c(=O)c1Br. The predicted octanol–water partition coefficient (Wildman–Crippen LogP) is 2.74. The van der Waals surface area contributed by atoms with E-state index in [0.717, 1.165) is 18.5 Å². The Balaban J connectivity index is 2.53. The van der Waals surface area contributed by atoms with Crippen LogP contribution in [0.1, 0.15) is 19.0 Å². The number of H-pyrrole nitrogens is 1. The molecular formula is C11H11BrN2O2. The lowest BCUT2D eigenvalue weighted by Crippen LogP contribution is -2.13. The molecule has 0 saturated heterocycles. The van der Waals surface area contributed by atoms with E-state index in [4.69, 9.17) is 4.42 Å². The second-order valence-electron chi connectivity index (χ2n) is 3.40. The third-order valence-electron chi connectivity index (χ3n) is 2.17. The van der Waals surface area contributed by atoms with Gasteiger partial charge in [0.05, 0.1) is 12.0 Å². The zero-order chi connectivity index (χ0) is 11.5. The number of aryl methyl sites for hydroxylation is 1. The van der Waals surface area contributed by atoms with Crippen LogP contribution < -0.4 is 5.56 Å². The standard InChI is InChI=1S/C11H11BrN2O2/c1-2-4-7-9(12)11(15)14-10(13-7)8-5-3-6-16-8/h3,5-6H,2,4H2,1H3,(H,13,14,15). The van der Waals surface area contributed by atoms with Gasteiger partial charge in [0, 0.05) is 0 Å². The summed E-state index contributed by atoms with van der Waals surface area (Å²) in [5.74, 6) is 1.05. The molecule has 0 aliphatic rings. The van der Waals surface area contributed by atoms with Crippen molar-refractivity contribution in [3.8, 4) is 11.6 Å². The molecule has 0 atom stereocenters. The molecule has 4 nitrogen and oxygen atoms in total. The van der Waals surface area contributed by atoms with Crippen molar-refractivity contribution in [2.75, 3.05) is 0 Å². The van der Waals surface area contributed by atoms with Gasteiger partial charge in [-0.1, -0.05) is 13.3 Å². The first kappa shape index (κ1) is 11.1. The van der Waals surface area contributed by atoms with Crippen molar-refractivity contribution in [3.05, 3.63) is 38.9 Å². The van der Waals surface area contributed by atoms with Gasteiger partial charge in [-0.25, -0.2) is 4.98 Å². The second-order valence-corrected chi connectivity index (χ2v) is 4.20. The lowest BCUT2D eigenvalue weighted by molar-refractivity contribution is 0.576. The Kier molecular flexibility index (Phi) is 3.24. The van der Waals surface area contributed by atoms with Gasteiger partial charge in [-0.05, 0) is 34.5 Å². The predicted molar refractivity (Wildman–Crippen MR) is 64.3 cm³/mol. The van der Waals surface area contributed by atoms with E-state index in [1.165, 1.54) is 0 Å². The van der Waals surface area contributed by atoms with Crippen LogP contribution >= 0.6 is 15.9 Å². The average Bonchev–Trinajstić information content (AvgIpc) is 2.78. The highest BCUT2D eigenvalue weighted by molar-refractivity contribution is 9.10. The van der Waals surface area contributed by atoms with E-state index in [1.807, 2.05) is 6.92 Å². The van der Waals surface area contributed by atoms with Crippen LogP contribution in [0.3, 0.4) is 0 Å². The van der Waals surface area contributed by atoms with Gasteiger partial charge >= 0.3 is 0 Å². The zero-order valence-corrected chi connectivity index (χ0v) is 10.4. The molecule has 0 radical (unpaired) electrons. The summed E-state index contributed by atoms with van der Waals surface area (Å²) in [5.41, 5.74) is 0.586. The first-order chi connectivity index (χ1) is 7.72. The van der Waals surface area contributed by atoms with Crippen molar-refractivity contribution in [1.29, 1.82) is 0 Å². The van der Waals surface area contributed by atoms with Crippen molar-refractivity contribution in [2.24, 2.45) is 0 Å². The van der Waals surface area contributed by atoms with Crippen LogP contribution in [0.5, 0.6) is 0 Å². The maximum Gasteiger partial charge on any atom is 0.265 e. The monoisotopic (exact) mass is 282 g/mol. The van der Waals surface area contributed by atoms with Gasteiger partial charge in [-0.3, -0.25) is 4.79 Å². The van der Waals surface area contributed by atoms with Crippen molar-refractivity contribution < 1.29 is 4.42 Å². The summed E-state index contributed by atoms with van der Waals surface area (Å²) in [4.78, 5) is 18.7. The molecule has 0 spiro atoms. The lowest BCUT2D eigenvalue weighted by atomic mass is 10.2. The van der Waals surface area contributed by atoms with Crippen molar-refractivity contribution >= 4 is 15.9 Å². The molecule has 2 rings (SSSR count). The van der Waals surface area contributed by atoms with E-state index in [0.29, 0.717) is 16.1 Å². The van der Waals surface area contributed by atoms with Crippen LogP contribution in [0.4, 0.5) is 0 Å². The molecular weight excluding hydrogens is 272 g/mol. The van der Waals surface area contributed by atoms with Crippen molar-refractivity contribution in [2.45, 2.75) is 19.8 Å². The summed E-state index contributed by atoms with van der Waals surface area (Å²) in [6.07, 6.45) is 3.25. The zero-order valence-electron chi connectivity index (χ0n) is 8.79. The number of halogens is 1. The maximum atomic E-state index is 11.6. The summed E-state index contributed by atoms with van der Waals surface area (Å²) < 4.78 is 5.70. The highest BCUT2D eigenvalue weighted by Gasteiger charge is 2.10. The molecule has 0 aromatic carbocycles. The first-order valence-corrected chi connectivity index (χ1v) is 5.84. The number of hydrogen-bond acceptors (Lipinski definition) is 3. The normalized spacial score (nSPS) is 10.6. The quantitative estimate of drug-likeness (QED) is 0.942. The van der Waals surface area contributed by atoms with Gasteiger partial charge in [0.15, 0.2) is 11.6 Å². The minimum Gasteiger partial charge on any atom is -0.461 e. The van der Waals surface area contributed by atoms with E-state index in [2.05, 4.69) is 25.9 Å². The van der Waals surface area contributed by atoms with E-state index in [1.54, 1.807) is 18.4 Å². The molecule has 84 valence electrons. The van der Waals surface area contributed by atoms with Crippen LogP contribution in [0.2, 0.25) is 0 Å². The molecule has 0 fully saturated rings. The summed E-state index contributed by atoms with van der Waals surface area (Å²) in [7, 11) is 0. The number of hydrogen-bond donors (Lipinski definition) is 1. The summed E-state index contributed by atoms with van der Waals surface area (Å²) in [5, 5.41) is 0. The molecule has 2 heterocycles. The molecule has 1 N–H and O–H groups in total. The maximum absolute atomic E-state index is 11.6. The van der Waals surface area contributed by atoms with Gasteiger partial charge < -0.3 is 9.40 Å². The lowest BCUT2D eigenvalue weighted by Gasteiger charge is -2.03. The molecule has 0 amide bonds. The fourth-order valence-electron chi connectivity index (χ4n) is 1.44. The van der Waals surface area contributed by atoms with E-state index in [9.17, 15) is 4.79 Å². The number of aromatic amines is 1. The summed E-state index contributed by atoms with van der Waals surface area (Å²) in [6.45, 7) is 2.04. The first-order valence-electron chi connectivity index (χ1n) is 5.05. The Morgan fingerprint density at radius 2 is 2.38 bits per heavy atom. The Bertz CT molecular complexity index is 531. The third-order valence-corrected chi connectivity index (χ3v) is 2.99. The Morgan fingerprint density at radius 1 is 1.56 bits per heavy atom. The fraction of sp³-hybridized carbons (Fsp3) is 0.273. The van der Waals surface area contributed by atoms with Crippen molar-refractivity contribution in [3.63, 3.8) is 0 Å². The van der Waals surface area contributed by atoms with E-state index in [-0.39, 0.29) is 5.56 Å². The number of aromatic nitrogens is 2. The van der Waals surface area contributed by atoms with Gasteiger partial charge in [-0.15, -0.1) is 0 Å². The largest absolute Gasteiger partial charge is 0.461 e. The van der Waals surface area contributed by atoms with Gasteiger partial charge in [0.1, 0.15) is 4.47 Å². The van der Waals surface area contributed by atoms with Crippen molar-refractivity contribution in [1.82, 2.24) is 9.97 Å². The Morgan fingerprint density at radius 3 is 3.00 bits per heavy atom. The highest BCUT2D eigenvalue weighted by Crippen LogP contribution is 2.17. The van der Waals surface area contributed by atoms with Crippen LogP contribution in [0.25, 0.3) is 11.6 Å². The minimum atomic E-state index is -0.176. The van der Waals surface area contributed by atoms with Crippen LogP contribution in [-0.4, -0.2) is 9.97 Å². The topological polar surface area (TPSA) is 58.9 Å². The van der Waals surface area contributed by atoms with Crippen LogP contribution in [0.15, 0.2) is 32.1 Å². The Labute approximate surface area is 101 Å². The fourth-order valence-corrected chi connectivity index (χ4v) is 1.82. The van der Waals surface area contributed by atoms with E-state index < -0.39 is 0 Å². The molecule has 2 aromatic heterocycles. The minimum absolute atomic E-state index is 0.176. The smallest absolute Gasteiger partial charge is 0.265 e. The van der Waals surface area contributed by atoms with Crippen LogP contribution in [-0.2, 0) is 6.42 Å². The summed E-state index contributed by atoms with van der Waals surface area (Å²) in [6, 6.07) is 3.53. The third kappa shape index (κ3) is 2.09. The molecule has 0 saturated carbocycles. The van der Waals surface area contributed by atoms with E-state index >= 15 is 0 Å². The number of rotatable bonds is 3. The summed E-state index contributed by atoms with van der Waals surface area (Å²) >= 11 is 3.24.